The van der Waals surface area contributed by atoms with Crippen molar-refractivity contribution in [1.82, 2.24) is 10.1 Å². The molecule has 0 aliphatic rings. The number of hydrogen-bond acceptors (Lipinski definition) is 4. The second kappa shape index (κ2) is 5.65. The van der Waals surface area contributed by atoms with Crippen LogP contribution in [0.4, 0.5) is 10.1 Å². The van der Waals surface area contributed by atoms with Crippen molar-refractivity contribution < 1.29 is 8.91 Å². The molecule has 21 heavy (non-hydrogen) atoms. The standard InChI is InChI=1S/C15H11BrFN3O/c16-10-3-1-2-9(6-10)7-14-19-15(21-20-14)12-5-4-11(18)8-13(12)17/h1-6,8H,7,18H2. The van der Waals surface area contributed by atoms with Crippen LogP contribution < -0.4 is 5.73 Å². The highest BCUT2D eigenvalue weighted by molar-refractivity contribution is 9.10. The first-order valence-electron chi connectivity index (χ1n) is 6.24. The summed E-state index contributed by atoms with van der Waals surface area (Å²) in [5.41, 5.74) is 7.15. The molecule has 0 fully saturated rings. The number of nitrogens with zero attached hydrogens (tertiary/aromatic N) is 2. The third kappa shape index (κ3) is 3.11. The number of halogens is 2. The highest BCUT2D eigenvalue weighted by Crippen LogP contribution is 2.23. The molecule has 0 amide bonds. The van der Waals surface area contributed by atoms with Gasteiger partial charge in [-0.1, -0.05) is 33.2 Å². The summed E-state index contributed by atoms with van der Waals surface area (Å²) in [5.74, 6) is 0.171. The van der Waals surface area contributed by atoms with Crippen molar-refractivity contribution in [2.24, 2.45) is 0 Å². The van der Waals surface area contributed by atoms with E-state index in [1.54, 1.807) is 6.07 Å². The highest BCUT2D eigenvalue weighted by atomic mass is 79.9. The molecule has 0 unspecified atom stereocenters. The van der Waals surface area contributed by atoms with Crippen LogP contribution in [0.2, 0.25) is 0 Å². The minimum absolute atomic E-state index is 0.150. The number of benzene rings is 2. The lowest BCUT2D eigenvalue weighted by Crippen LogP contribution is -1.92. The van der Waals surface area contributed by atoms with Gasteiger partial charge in [0.2, 0.25) is 0 Å². The number of rotatable bonds is 3. The molecule has 6 heteroatoms. The van der Waals surface area contributed by atoms with Gasteiger partial charge in [0.25, 0.3) is 5.89 Å². The summed E-state index contributed by atoms with van der Waals surface area (Å²) in [6.45, 7) is 0. The summed E-state index contributed by atoms with van der Waals surface area (Å²) in [6, 6.07) is 12.2. The monoisotopic (exact) mass is 347 g/mol. The summed E-state index contributed by atoms with van der Waals surface area (Å²) in [6.07, 6.45) is 0.513. The molecule has 106 valence electrons. The van der Waals surface area contributed by atoms with Crippen molar-refractivity contribution in [3.05, 3.63) is 64.1 Å². The largest absolute Gasteiger partial charge is 0.399 e. The Labute approximate surface area is 128 Å². The first-order valence-corrected chi connectivity index (χ1v) is 7.03. The molecule has 0 saturated carbocycles. The molecule has 0 bridgehead atoms. The topological polar surface area (TPSA) is 64.9 Å². The zero-order chi connectivity index (χ0) is 14.8. The molecule has 0 saturated heterocycles. The smallest absolute Gasteiger partial charge is 0.260 e. The average molecular weight is 348 g/mol. The van der Waals surface area contributed by atoms with Crippen LogP contribution in [-0.2, 0) is 6.42 Å². The molecule has 0 atom stereocenters. The van der Waals surface area contributed by atoms with E-state index in [1.807, 2.05) is 24.3 Å². The van der Waals surface area contributed by atoms with Gasteiger partial charge in [-0.3, -0.25) is 0 Å². The van der Waals surface area contributed by atoms with E-state index in [4.69, 9.17) is 10.3 Å². The maximum Gasteiger partial charge on any atom is 0.260 e. The fourth-order valence-corrected chi connectivity index (χ4v) is 2.42. The summed E-state index contributed by atoms with van der Waals surface area (Å²) < 4.78 is 19.9. The molecular weight excluding hydrogens is 337 g/mol. The molecular formula is C15H11BrFN3O. The summed E-state index contributed by atoms with van der Waals surface area (Å²) in [5, 5.41) is 3.88. The van der Waals surface area contributed by atoms with Gasteiger partial charge >= 0.3 is 0 Å². The summed E-state index contributed by atoms with van der Waals surface area (Å²) in [7, 11) is 0. The molecule has 0 aliphatic carbocycles. The average Bonchev–Trinajstić information content (AvgIpc) is 2.87. The quantitative estimate of drug-likeness (QED) is 0.731. The molecule has 3 rings (SSSR count). The van der Waals surface area contributed by atoms with Gasteiger partial charge in [0.1, 0.15) is 5.82 Å². The van der Waals surface area contributed by atoms with E-state index < -0.39 is 5.82 Å². The van der Waals surface area contributed by atoms with Crippen molar-refractivity contribution >= 4 is 21.6 Å². The SMILES string of the molecule is Nc1ccc(-c2nc(Cc3cccc(Br)c3)no2)c(F)c1. The van der Waals surface area contributed by atoms with Crippen LogP contribution in [0, 0.1) is 5.82 Å². The Hall–Kier alpha value is -2.21. The van der Waals surface area contributed by atoms with Crippen molar-refractivity contribution in [3.63, 3.8) is 0 Å². The minimum Gasteiger partial charge on any atom is -0.399 e. The molecule has 0 aliphatic heterocycles. The normalized spacial score (nSPS) is 10.8. The lowest BCUT2D eigenvalue weighted by molar-refractivity contribution is 0.421. The Morgan fingerprint density at radius 1 is 1.19 bits per heavy atom. The molecule has 1 heterocycles. The molecule has 3 aromatic rings. The van der Waals surface area contributed by atoms with Crippen LogP contribution in [0.15, 0.2) is 51.5 Å². The van der Waals surface area contributed by atoms with Gasteiger partial charge in [-0.25, -0.2) is 4.39 Å². The Morgan fingerprint density at radius 2 is 2.05 bits per heavy atom. The van der Waals surface area contributed by atoms with Crippen LogP contribution in [0.1, 0.15) is 11.4 Å². The highest BCUT2D eigenvalue weighted by Gasteiger charge is 2.13. The fraction of sp³-hybridized carbons (Fsp3) is 0.0667. The summed E-state index contributed by atoms with van der Waals surface area (Å²) in [4.78, 5) is 4.22. The van der Waals surface area contributed by atoms with Crippen molar-refractivity contribution in [2.75, 3.05) is 5.73 Å². The Balaban J connectivity index is 1.86. The Kier molecular flexibility index (Phi) is 3.70. The second-order valence-electron chi connectivity index (χ2n) is 4.56. The number of nitrogen functional groups attached to an aromatic ring is 1. The van der Waals surface area contributed by atoms with Gasteiger partial charge < -0.3 is 10.3 Å². The number of anilines is 1. The van der Waals surface area contributed by atoms with E-state index in [9.17, 15) is 4.39 Å². The van der Waals surface area contributed by atoms with Crippen LogP contribution in [-0.4, -0.2) is 10.1 Å². The number of hydrogen-bond donors (Lipinski definition) is 1. The molecule has 0 spiro atoms. The Bertz CT molecular complexity index is 788. The van der Waals surface area contributed by atoms with Gasteiger partial charge in [-0.15, -0.1) is 0 Å². The molecule has 0 radical (unpaired) electrons. The van der Waals surface area contributed by atoms with Gasteiger partial charge in [0, 0.05) is 16.6 Å². The lowest BCUT2D eigenvalue weighted by atomic mass is 10.1. The van der Waals surface area contributed by atoms with Gasteiger partial charge in [0.15, 0.2) is 5.82 Å². The second-order valence-corrected chi connectivity index (χ2v) is 5.48. The van der Waals surface area contributed by atoms with E-state index >= 15 is 0 Å². The third-order valence-corrected chi connectivity index (χ3v) is 3.44. The molecule has 2 N–H and O–H groups in total. The molecule has 1 aromatic heterocycles. The maximum absolute atomic E-state index is 13.8. The van der Waals surface area contributed by atoms with Crippen LogP contribution in [0.3, 0.4) is 0 Å². The van der Waals surface area contributed by atoms with Gasteiger partial charge in [-0.05, 0) is 35.9 Å². The van der Waals surface area contributed by atoms with Crippen molar-refractivity contribution in [1.29, 1.82) is 0 Å². The predicted octanol–water partition coefficient (Wildman–Crippen LogP) is 3.81. The van der Waals surface area contributed by atoms with E-state index in [1.165, 1.54) is 12.1 Å². The maximum atomic E-state index is 13.8. The summed E-state index contributed by atoms with van der Waals surface area (Å²) >= 11 is 3.41. The van der Waals surface area contributed by atoms with Gasteiger partial charge in [-0.2, -0.15) is 4.98 Å². The Morgan fingerprint density at radius 3 is 2.81 bits per heavy atom. The van der Waals surface area contributed by atoms with Crippen molar-refractivity contribution in [3.8, 4) is 11.5 Å². The number of nitrogens with two attached hydrogens (primary N) is 1. The molecule has 4 nitrogen and oxygen atoms in total. The van der Waals surface area contributed by atoms with Crippen LogP contribution in [0.5, 0.6) is 0 Å². The van der Waals surface area contributed by atoms with E-state index in [0.717, 1.165) is 10.0 Å². The molecule has 2 aromatic carbocycles. The van der Waals surface area contributed by atoms with Crippen molar-refractivity contribution in [2.45, 2.75) is 6.42 Å². The van der Waals surface area contributed by atoms with E-state index in [0.29, 0.717) is 17.9 Å². The predicted molar refractivity (Wildman–Crippen MR) is 81.1 cm³/mol. The number of aromatic nitrogens is 2. The fourth-order valence-electron chi connectivity index (χ4n) is 1.97. The van der Waals surface area contributed by atoms with Crippen LogP contribution >= 0.6 is 15.9 Å². The third-order valence-electron chi connectivity index (χ3n) is 2.94. The van der Waals surface area contributed by atoms with E-state index in [2.05, 4.69) is 26.1 Å². The first kappa shape index (κ1) is 13.8. The van der Waals surface area contributed by atoms with Crippen LogP contribution in [0.25, 0.3) is 11.5 Å². The zero-order valence-electron chi connectivity index (χ0n) is 10.9. The zero-order valence-corrected chi connectivity index (χ0v) is 12.5. The first-order chi connectivity index (χ1) is 10.1. The lowest BCUT2D eigenvalue weighted by Gasteiger charge is -1.98. The van der Waals surface area contributed by atoms with Gasteiger partial charge in [0.05, 0.1) is 5.56 Å². The minimum atomic E-state index is -0.479. The van der Waals surface area contributed by atoms with E-state index in [-0.39, 0.29) is 11.5 Å².